The molecule has 0 radical (unpaired) electrons. The molecule has 2 aromatic carbocycles. The van der Waals surface area contributed by atoms with E-state index >= 15 is 0 Å². The van der Waals surface area contributed by atoms with Crippen LogP contribution < -0.4 is 9.64 Å². The molecule has 144 valence electrons. The molecule has 3 rings (SSSR count). The molecule has 1 fully saturated rings. The van der Waals surface area contributed by atoms with Gasteiger partial charge in [0.15, 0.2) is 9.84 Å². The van der Waals surface area contributed by atoms with E-state index in [1.165, 1.54) is 24.3 Å². The van der Waals surface area contributed by atoms with Crippen LogP contribution in [0, 0.1) is 15.9 Å². The van der Waals surface area contributed by atoms with Gasteiger partial charge in [0.1, 0.15) is 23.4 Å². The largest absolute Gasteiger partial charge is 0.490 e. The van der Waals surface area contributed by atoms with E-state index in [2.05, 4.69) is 0 Å². The van der Waals surface area contributed by atoms with Crippen LogP contribution in [0.2, 0.25) is 0 Å². The Kier molecular flexibility index (Phi) is 5.31. The van der Waals surface area contributed by atoms with Gasteiger partial charge in [-0.2, -0.15) is 0 Å². The number of hydrogen-bond acceptors (Lipinski definition) is 6. The van der Waals surface area contributed by atoms with Gasteiger partial charge in [-0.05, 0) is 36.4 Å². The molecule has 1 aliphatic heterocycles. The van der Waals surface area contributed by atoms with Crippen LogP contribution in [0.15, 0.2) is 47.4 Å². The SMILES string of the molecule is CS(=O)(=O)c1ccc(N2CCC(Oc3ccc(F)cc3)CC2)c([N+](=O)[O-])c1. The Bertz CT molecular complexity index is 939. The molecule has 7 nitrogen and oxygen atoms in total. The van der Waals surface area contributed by atoms with E-state index < -0.39 is 14.8 Å². The third kappa shape index (κ3) is 4.54. The Morgan fingerprint density at radius 1 is 1.15 bits per heavy atom. The van der Waals surface area contributed by atoms with Crippen molar-refractivity contribution in [2.75, 3.05) is 24.2 Å². The van der Waals surface area contributed by atoms with Crippen LogP contribution in [0.5, 0.6) is 5.75 Å². The van der Waals surface area contributed by atoms with E-state index in [9.17, 15) is 22.9 Å². The predicted octanol–water partition coefficient (Wildman–Crippen LogP) is 3.19. The Labute approximate surface area is 156 Å². The van der Waals surface area contributed by atoms with Gasteiger partial charge < -0.3 is 9.64 Å². The second-order valence-electron chi connectivity index (χ2n) is 6.44. The lowest BCUT2D eigenvalue weighted by Crippen LogP contribution is -2.38. The average molecular weight is 394 g/mol. The fourth-order valence-electron chi connectivity index (χ4n) is 3.07. The molecule has 0 saturated carbocycles. The molecule has 0 bridgehead atoms. The summed E-state index contributed by atoms with van der Waals surface area (Å²) in [5.74, 6) is 0.250. The molecule has 2 aromatic rings. The van der Waals surface area contributed by atoms with Crippen LogP contribution in [0.3, 0.4) is 0 Å². The predicted molar refractivity (Wildman–Crippen MR) is 98.5 cm³/mol. The van der Waals surface area contributed by atoms with Crippen LogP contribution in [-0.2, 0) is 9.84 Å². The van der Waals surface area contributed by atoms with Crippen molar-refractivity contribution in [3.63, 3.8) is 0 Å². The van der Waals surface area contributed by atoms with Gasteiger partial charge in [0.25, 0.3) is 5.69 Å². The fraction of sp³-hybridized carbons (Fsp3) is 0.333. The van der Waals surface area contributed by atoms with Crippen molar-refractivity contribution >= 4 is 21.2 Å². The normalized spacial score (nSPS) is 15.6. The highest BCUT2D eigenvalue weighted by atomic mass is 32.2. The third-order valence-electron chi connectivity index (χ3n) is 4.47. The molecule has 1 saturated heterocycles. The van der Waals surface area contributed by atoms with Gasteiger partial charge in [0.05, 0.1) is 9.82 Å². The number of ether oxygens (including phenoxy) is 1. The Morgan fingerprint density at radius 3 is 2.33 bits per heavy atom. The Hall–Kier alpha value is -2.68. The Morgan fingerprint density at radius 2 is 1.78 bits per heavy atom. The summed E-state index contributed by atoms with van der Waals surface area (Å²) >= 11 is 0. The van der Waals surface area contributed by atoms with Gasteiger partial charge in [-0.3, -0.25) is 10.1 Å². The summed E-state index contributed by atoms with van der Waals surface area (Å²) in [5, 5.41) is 11.4. The van der Waals surface area contributed by atoms with Gasteiger partial charge in [-0.25, -0.2) is 12.8 Å². The van der Waals surface area contributed by atoms with E-state index in [4.69, 9.17) is 4.74 Å². The zero-order chi connectivity index (χ0) is 19.6. The van der Waals surface area contributed by atoms with Gasteiger partial charge in [-0.15, -0.1) is 0 Å². The standard InChI is InChI=1S/C18H19FN2O5S/c1-27(24,25)16-6-7-17(18(12-16)21(22)23)20-10-8-15(9-11-20)26-14-4-2-13(19)3-5-14/h2-7,12,15H,8-11H2,1H3. The summed E-state index contributed by atoms with van der Waals surface area (Å²) < 4.78 is 42.1. The van der Waals surface area contributed by atoms with Gasteiger partial charge in [0, 0.05) is 38.3 Å². The molecule has 0 N–H and O–H groups in total. The number of benzene rings is 2. The summed E-state index contributed by atoms with van der Waals surface area (Å²) in [5.41, 5.74) is 0.170. The highest BCUT2D eigenvalue weighted by molar-refractivity contribution is 7.90. The van der Waals surface area contributed by atoms with Crippen LogP contribution in [0.4, 0.5) is 15.8 Å². The minimum absolute atomic E-state index is 0.0685. The fourth-order valence-corrected chi connectivity index (χ4v) is 3.71. The molecular formula is C18H19FN2O5S. The molecule has 0 spiro atoms. The van der Waals surface area contributed by atoms with Gasteiger partial charge in [-0.1, -0.05) is 0 Å². The molecule has 0 amide bonds. The maximum atomic E-state index is 13.0. The number of nitro groups is 1. The smallest absolute Gasteiger partial charge is 0.293 e. The van der Waals surface area contributed by atoms with Crippen molar-refractivity contribution in [3.05, 3.63) is 58.4 Å². The lowest BCUT2D eigenvalue weighted by atomic mass is 10.1. The van der Waals surface area contributed by atoms with Crippen molar-refractivity contribution < 1.29 is 22.5 Å². The highest BCUT2D eigenvalue weighted by Crippen LogP contribution is 2.33. The van der Waals surface area contributed by atoms with Crippen molar-refractivity contribution in [1.82, 2.24) is 0 Å². The lowest BCUT2D eigenvalue weighted by molar-refractivity contribution is -0.384. The van der Waals surface area contributed by atoms with Gasteiger partial charge >= 0.3 is 0 Å². The minimum atomic E-state index is -3.52. The molecule has 9 heteroatoms. The quantitative estimate of drug-likeness (QED) is 0.572. The number of nitrogens with zero attached hydrogens (tertiary/aromatic N) is 2. The van der Waals surface area contributed by atoms with Gasteiger partial charge in [0.2, 0.25) is 0 Å². The third-order valence-corrected chi connectivity index (χ3v) is 5.58. The summed E-state index contributed by atoms with van der Waals surface area (Å²) in [6.45, 7) is 1.07. The second kappa shape index (κ2) is 7.51. The number of rotatable bonds is 5. The number of halogens is 1. The van der Waals surface area contributed by atoms with E-state index in [0.717, 1.165) is 12.3 Å². The number of anilines is 1. The Balaban J connectivity index is 1.72. The van der Waals surface area contributed by atoms with Crippen molar-refractivity contribution in [2.45, 2.75) is 23.8 Å². The second-order valence-corrected chi connectivity index (χ2v) is 8.45. The summed E-state index contributed by atoms with van der Waals surface area (Å²) in [7, 11) is -3.52. The van der Waals surface area contributed by atoms with E-state index in [0.29, 0.717) is 37.4 Å². The lowest BCUT2D eigenvalue weighted by Gasteiger charge is -2.33. The first-order valence-corrected chi connectivity index (χ1v) is 10.3. The number of nitro benzene ring substituents is 1. The summed E-state index contributed by atoms with van der Waals surface area (Å²) in [6.07, 6.45) is 2.23. The maximum absolute atomic E-state index is 13.0. The van der Waals surface area contributed by atoms with Crippen molar-refractivity contribution in [3.8, 4) is 5.75 Å². The van der Waals surface area contributed by atoms with Crippen LogP contribution >= 0.6 is 0 Å². The monoisotopic (exact) mass is 394 g/mol. The van der Waals surface area contributed by atoms with Crippen LogP contribution in [0.25, 0.3) is 0 Å². The molecular weight excluding hydrogens is 375 g/mol. The number of hydrogen-bond donors (Lipinski definition) is 0. The first kappa shape index (κ1) is 19.1. The molecule has 0 aromatic heterocycles. The number of piperidine rings is 1. The first-order valence-electron chi connectivity index (χ1n) is 8.40. The van der Waals surface area contributed by atoms with Crippen molar-refractivity contribution in [1.29, 1.82) is 0 Å². The zero-order valence-corrected chi connectivity index (χ0v) is 15.5. The minimum Gasteiger partial charge on any atom is -0.490 e. The van der Waals surface area contributed by atoms with E-state index in [-0.39, 0.29) is 22.5 Å². The maximum Gasteiger partial charge on any atom is 0.293 e. The van der Waals surface area contributed by atoms with Crippen LogP contribution in [-0.4, -0.2) is 38.8 Å². The van der Waals surface area contributed by atoms with Crippen molar-refractivity contribution in [2.24, 2.45) is 0 Å². The first-order chi connectivity index (χ1) is 12.7. The highest BCUT2D eigenvalue weighted by Gasteiger charge is 2.27. The van der Waals surface area contributed by atoms with Crippen LogP contribution in [0.1, 0.15) is 12.8 Å². The molecule has 1 aliphatic rings. The average Bonchev–Trinajstić information content (AvgIpc) is 2.63. The van der Waals surface area contributed by atoms with E-state index in [1.807, 2.05) is 4.90 Å². The summed E-state index contributed by atoms with van der Waals surface area (Å²) in [4.78, 5) is 12.6. The number of sulfone groups is 1. The topological polar surface area (TPSA) is 89.8 Å². The molecule has 0 atom stereocenters. The molecule has 27 heavy (non-hydrogen) atoms. The summed E-state index contributed by atoms with van der Waals surface area (Å²) in [6, 6.07) is 9.77. The molecule has 0 unspecified atom stereocenters. The van der Waals surface area contributed by atoms with E-state index in [1.54, 1.807) is 12.1 Å². The molecule has 0 aliphatic carbocycles. The zero-order valence-electron chi connectivity index (χ0n) is 14.7. The molecule has 1 heterocycles.